The molecule has 0 bridgehead atoms. The van der Waals surface area contributed by atoms with Crippen molar-refractivity contribution >= 4 is 0 Å². The summed E-state index contributed by atoms with van der Waals surface area (Å²) in [6, 6.07) is 9.40. The Bertz CT molecular complexity index is 277. The highest BCUT2D eigenvalue weighted by Gasteiger charge is 2.16. The fraction of sp³-hybridized carbons (Fsp3) is 0.600. The minimum atomic E-state index is 0.866. The molecule has 1 aromatic rings. The third kappa shape index (κ3) is 2.84. The molecule has 1 saturated carbocycles. The average Bonchev–Trinajstić information content (AvgIpc) is 2.80. The highest BCUT2D eigenvalue weighted by molar-refractivity contribution is 5.26. The second kappa shape index (κ2) is 5.34. The molecule has 0 aliphatic heterocycles. The van der Waals surface area contributed by atoms with E-state index in [1.54, 1.807) is 5.56 Å². The fourth-order valence-corrected chi connectivity index (χ4v) is 2.60. The van der Waals surface area contributed by atoms with E-state index in [1.807, 2.05) is 0 Å². The topological polar surface area (TPSA) is 0 Å². The summed E-state index contributed by atoms with van der Waals surface area (Å²) in [5, 5.41) is 0. The molecule has 2 rings (SSSR count). The van der Waals surface area contributed by atoms with E-state index in [-0.39, 0.29) is 0 Å². The van der Waals surface area contributed by atoms with Crippen LogP contribution in [0.5, 0.6) is 0 Å². The van der Waals surface area contributed by atoms with Crippen LogP contribution in [0.4, 0.5) is 0 Å². The zero-order valence-electron chi connectivity index (χ0n) is 9.84. The number of benzene rings is 1. The maximum Gasteiger partial charge on any atom is -0.0162 e. The second-order valence-electron chi connectivity index (χ2n) is 4.83. The van der Waals surface area contributed by atoms with Gasteiger partial charge in [-0.05, 0) is 42.7 Å². The summed E-state index contributed by atoms with van der Waals surface area (Å²) in [6.07, 6.45) is 9.56. The molecule has 1 aliphatic carbocycles. The zero-order valence-corrected chi connectivity index (χ0v) is 9.84. The monoisotopic (exact) mass is 202 g/mol. The van der Waals surface area contributed by atoms with Crippen molar-refractivity contribution in [3.63, 3.8) is 0 Å². The van der Waals surface area contributed by atoms with Crippen molar-refractivity contribution in [1.82, 2.24) is 0 Å². The Labute approximate surface area is 93.7 Å². The van der Waals surface area contributed by atoms with Crippen LogP contribution in [-0.4, -0.2) is 0 Å². The predicted octanol–water partition coefficient (Wildman–Crippen LogP) is 4.69. The van der Waals surface area contributed by atoms with E-state index in [2.05, 4.69) is 31.2 Å². The van der Waals surface area contributed by atoms with Gasteiger partial charge in [-0.15, -0.1) is 0 Å². The van der Waals surface area contributed by atoms with Crippen LogP contribution in [0.1, 0.15) is 62.5 Å². The number of hydrogen-bond donors (Lipinski definition) is 0. The zero-order chi connectivity index (χ0) is 10.5. The summed E-state index contributed by atoms with van der Waals surface area (Å²) in [5.41, 5.74) is 3.09. The lowest BCUT2D eigenvalue weighted by Gasteiger charge is -2.10. The molecule has 82 valence electrons. The summed E-state index contributed by atoms with van der Waals surface area (Å²) in [4.78, 5) is 0. The van der Waals surface area contributed by atoms with Gasteiger partial charge < -0.3 is 0 Å². The first kappa shape index (κ1) is 10.7. The highest BCUT2D eigenvalue weighted by atomic mass is 14.2. The van der Waals surface area contributed by atoms with Crippen LogP contribution in [0.25, 0.3) is 0 Å². The summed E-state index contributed by atoms with van der Waals surface area (Å²) < 4.78 is 0. The Morgan fingerprint density at radius 3 is 2.33 bits per heavy atom. The van der Waals surface area contributed by atoms with Crippen LogP contribution in [0, 0.1) is 0 Å². The van der Waals surface area contributed by atoms with Crippen LogP contribution in [0.15, 0.2) is 24.3 Å². The quantitative estimate of drug-likeness (QED) is 0.664. The first-order chi connectivity index (χ1) is 7.40. The maximum atomic E-state index is 2.36. The minimum Gasteiger partial charge on any atom is -0.0654 e. The first-order valence-electron chi connectivity index (χ1n) is 6.49. The van der Waals surface area contributed by atoms with Crippen LogP contribution in [0.3, 0.4) is 0 Å². The summed E-state index contributed by atoms with van der Waals surface area (Å²) >= 11 is 0. The van der Waals surface area contributed by atoms with E-state index in [4.69, 9.17) is 0 Å². The first-order valence-corrected chi connectivity index (χ1v) is 6.49. The standard InChI is InChI=1S/C15H22/c1-2-3-6-13-9-11-15(12-10-13)14-7-4-5-8-14/h9-12,14H,2-8H2,1H3. The minimum absolute atomic E-state index is 0.866. The van der Waals surface area contributed by atoms with Gasteiger partial charge in [0.2, 0.25) is 0 Å². The third-order valence-corrected chi connectivity index (χ3v) is 3.63. The predicted molar refractivity (Wildman–Crippen MR) is 66.3 cm³/mol. The molecule has 0 unspecified atom stereocenters. The van der Waals surface area contributed by atoms with E-state index in [1.165, 1.54) is 50.5 Å². The largest absolute Gasteiger partial charge is 0.0654 e. The van der Waals surface area contributed by atoms with Crippen molar-refractivity contribution in [1.29, 1.82) is 0 Å². The normalized spacial score (nSPS) is 17.1. The average molecular weight is 202 g/mol. The number of hydrogen-bond acceptors (Lipinski definition) is 0. The Hall–Kier alpha value is -0.780. The Kier molecular flexibility index (Phi) is 3.82. The van der Waals surface area contributed by atoms with Gasteiger partial charge in [0.15, 0.2) is 0 Å². The molecule has 0 nitrogen and oxygen atoms in total. The van der Waals surface area contributed by atoms with Crippen molar-refractivity contribution in [2.24, 2.45) is 0 Å². The van der Waals surface area contributed by atoms with Crippen LogP contribution in [0.2, 0.25) is 0 Å². The fourth-order valence-electron chi connectivity index (χ4n) is 2.60. The lowest BCUT2D eigenvalue weighted by atomic mass is 9.96. The van der Waals surface area contributed by atoms with E-state index < -0.39 is 0 Å². The van der Waals surface area contributed by atoms with Gasteiger partial charge in [0.1, 0.15) is 0 Å². The van der Waals surface area contributed by atoms with Crippen molar-refractivity contribution < 1.29 is 0 Å². The van der Waals surface area contributed by atoms with Crippen LogP contribution < -0.4 is 0 Å². The number of rotatable bonds is 4. The van der Waals surface area contributed by atoms with Crippen molar-refractivity contribution in [2.45, 2.75) is 57.8 Å². The molecule has 0 heterocycles. The van der Waals surface area contributed by atoms with Crippen molar-refractivity contribution in [3.8, 4) is 0 Å². The molecule has 1 fully saturated rings. The van der Waals surface area contributed by atoms with Gasteiger partial charge in [-0.2, -0.15) is 0 Å². The third-order valence-electron chi connectivity index (χ3n) is 3.63. The van der Waals surface area contributed by atoms with Gasteiger partial charge in [-0.1, -0.05) is 50.5 Å². The number of aryl methyl sites for hydroxylation is 1. The van der Waals surface area contributed by atoms with Gasteiger partial charge in [0.05, 0.1) is 0 Å². The molecule has 0 aromatic heterocycles. The summed E-state index contributed by atoms with van der Waals surface area (Å²) in [5.74, 6) is 0.866. The molecule has 1 aliphatic rings. The molecule has 0 saturated heterocycles. The summed E-state index contributed by atoms with van der Waals surface area (Å²) in [7, 11) is 0. The van der Waals surface area contributed by atoms with Gasteiger partial charge in [-0.3, -0.25) is 0 Å². The van der Waals surface area contributed by atoms with Crippen molar-refractivity contribution in [3.05, 3.63) is 35.4 Å². The molecule has 0 heteroatoms. The van der Waals surface area contributed by atoms with E-state index in [9.17, 15) is 0 Å². The van der Waals surface area contributed by atoms with Crippen LogP contribution in [-0.2, 0) is 6.42 Å². The van der Waals surface area contributed by atoms with Gasteiger partial charge in [-0.25, -0.2) is 0 Å². The Morgan fingerprint density at radius 1 is 1.07 bits per heavy atom. The van der Waals surface area contributed by atoms with Gasteiger partial charge in [0.25, 0.3) is 0 Å². The van der Waals surface area contributed by atoms with Gasteiger partial charge in [0, 0.05) is 0 Å². The Balaban J connectivity index is 1.96. The molecular formula is C15H22. The van der Waals surface area contributed by atoms with E-state index in [0.29, 0.717) is 0 Å². The van der Waals surface area contributed by atoms with E-state index in [0.717, 1.165) is 5.92 Å². The molecule has 0 radical (unpaired) electrons. The SMILES string of the molecule is CCCCc1ccc(C2CCCC2)cc1. The smallest absolute Gasteiger partial charge is 0.0162 e. The molecule has 15 heavy (non-hydrogen) atoms. The molecule has 0 atom stereocenters. The van der Waals surface area contributed by atoms with Crippen molar-refractivity contribution in [2.75, 3.05) is 0 Å². The van der Waals surface area contributed by atoms with Crippen LogP contribution >= 0.6 is 0 Å². The van der Waals surface area contributed by atoms with E-state index >= 15 is 0 Å². The highest BCUT2D eigenvalue weighted by Crippen LogP contribution is 2.33. The molecule has 0 spiro atoms. The molecule has 0 amide bonds. The lowest BCUT2D eigenvalue weighted by molar-refractivity contribution is 0.721. The second-order valence-corrected chi connectivity index (χ2v) is 4.83. The maximum absolute atomic E-state index is 2.36. The molecular weight excluding hydrogens is 180 g/mol. The number of unbranched alkanes of at least 4 members (excludes halogenated alkanes) is 1. The molecule has 1 aromatic carbocycles. The summed E-state index contributed by atoms with van der Waals surface area (Å²) in [6.45, 7) is 2.26. The Morgan fingerprint density at radius 2 is 1.73 bits per heavy atom. The molecule has 0 N–H and O–H groups in total. The van der Waals surface area contributed by atoms with Gasteiger partial charge >= 0.3 is 0 Å². The lowest BCUT2D eigenvalue weighted by Crippen LogP contribution is -1.92.